The number of aryl methyl sites for hydroxylation is 3. The molecule has 0 unspecified atom stereocenters. The summed E-state index contributed by atoms with van der Waals surface area (Å²) in [7, 11) is 0. The van der Waals surface area contributed by atoms with Crippen LogP contribution in [0, 0.1) is 13.8 Å². The second-order valence-corrected chi connectivity index (χ2v) is 5.78. The third-order valence-corrected chi connectivity index (χ3v) is 3.82. The van der Waals surface area contributed by atoms with E-state index in [0.717, 1.165) is 28.0 Å². The molecule has 0 radical (unpaired) electrons. The molecule has 0 saturated heterocycles. The molecule has 2 aromatic carbocycles. The Labute approximate surface area is 135 Å². The minimum Gasteiger partial charge on any atom is -0.489 e. The van der Waals surface area contributed by atoms with E-state index in [-0.39, 0.29) is 6.42 Å². The SMILES string of the molecule is Cc1ccc(Cl)c(COc2ccc(CCC(=O)O)cc2C)c1. The highest BCUT2D eigenvalue weighted by atomic mass is 35.5. The first-order chi connectivity index (χ1) is 10.5. The number of carboxylic acids is 1. The van der Waals surface area contributed by atoms with Crippen LogP contribution in [0.4, 0.5) is 0 Å². The van der Waals surface area contributed by atoms with Gasteiger partial charge in [0.15, 0.2) is 0 Å². The van der Waals surface area contributed by atoms with Crippen molar-refractivity contribution in [2.75, 3.05) is 0 Å². The van der Waals surface area contributed by atoms with Gasteiger partial charge in [-0.15, -0.1) is 0 Å². The Hall–Kier alpha value is -2.00. The molecule has 4 heteroatoms. The molecule has 0 aliphatic rings. The van der Waals surface area contributed by atoms with Gasteiger partial charge in [-0.25, -0.2) is 0 Å². The quantitative estimate of drug-likeness (QED) is 0.849. The molecule has 0 aromatic heterocycles. The van der Waals surface area contributed by atoms with Crippen LogP contribution in [-0.2, 0) is 17.8 Å². The lowest BCUT2D eigenvalue weighted by Gasteiger charge is -2.12. The van der Waals surface area contributed by atoms with E-state index < -0.39 is 5.97 Å². The van der Waals surface area contributed by atoms with E-state index in [1.165, 1.54) is 0 Å². The molecule has 116 valence electrons. The first-order valence-electron chi connectivity index (χ1n) is 7.15. The van der Waals surface area contributed by atoms with Crippen LogP contribution >= 0.6 is 11.6 Å². The molecule has 0 aliphatic heterocycles. The fourth-order valence-corrected chi connectivity index (χ4v) is 2.42. The third kappa shape index (κ3) is 4.50. The van der Waals surface area contributed by atoms with Gasteiger partial charge in [-0.3, -0.25) is 4.79 Å². The van der Waals surface area contributed by atoms with E-state index in [2.05, 4.69) is 0 Å². The van der Waals surface area contributed by atoms with Crippen molar-refractivity contribution in [2.45, 2.75) is 33.3 Å². The average molecular weight is 319 g/mol. The highest BCUT2D eigenvalue weighted by Gasteiger charge is 2.06. The molecular weight excluding hydrogens is 300 g/mol. The molecule has 0 heterocycles. The lowest BCUT2D eigenvalue weighted by Crippen LogP contribution is -2.00. The number of halogens is 1. The second-order valence-electron chi connectivity index (χ2n) is 5.38. The number of aliphatic carboxylic acids is 1. The number of hydrogen-bond acceptors (Lipinski definition) is 2. The maximum absolute atomic E-state index is 10.6. The van der Waals surface area contributed by atoms with Gasteiger partial charge in [-0.2, -0.15) is 0 Å². The molecule has 1 N–H and O–H groups in total. The predicted octanol–water partition coefficient (Wildman–Crippen LogP) is 4.55. The maximum Gasteiger partial charge on any atom is 0.303 e. The number of carbonyl (C=O) groups is 1. The van der Waals surface area contributed by atoms with E-state index in [1.54, 1.807) is 0 Å². The molecule has 2 aromatic rings. The van der Waals surface area contributed by atoms with Gasteiger partial charge in [0, 0.05) is 17.0 Å². The van der Waals surface area contributed by atoms with Crippen LogP contribution in [0.2, 0.25) is 5.02 Å². The minimum absolute atomic E-state index is 0.137. The van der Waals surface area contributed by atoms with Crippen LogP contribution in [0.15, 0.2) is 36.4 Å². The number of carboxylic acid groups (broad SMARTS) is 1. The van der Waals surface area contributed by atoms with Crippen molar-refractivity contribution >= 4 is 17.6 Å². The minimum atomic E-state index is -0.785. The zero-order valence-electron chi connectivity index (χ0n) is 12.7. The van der Waals surface area contributed by atoms with Crippen LogP contribution in [0.1, 0.15) is 28.7 Å². The highest BCUT2D eigenvalue weighted by molar-refractivity contribution is 6.31. The van der Waals surface area contributed by atoms with Gasteiger partial charge in [-0.1, -0.05) is 41.4 Å². The van der Waals surface area contributed by atoms with Crippen LogP contribution in [0.25, 0.3) is 0 Å². The summed E-state index contributed by atoms with van der Waals surface area (Å²) in [5.41, 5.74) is 4.09. The zero-order valence-corrected chi connectivity index (χ0v) is 13.5. The Balaban J connectivity index is 2.04. The summed E-state index contributed by atoms with van der Waals surface area (Å²) < 4.78 is 5.84. The van der Waals surface area contributed by atoms with Gasteiger partial charge in [0.25, 0.3) is 0 Å². The monoisotopic (exact) mass is 318 g/mol. The molecule has 22 heavy (non-hydrogen) atoms. The molecule has 0 aliphatic carbocycles. The lowest BCUT2D eigenvalue weighted by atomic mass is 10.1. The first-order valence-corrected chi connectivity index (χ1v) is 7.52. The largest absolute Gasteiger partial charge is 0.489 e. The standard InChI is InChI=1S/C18H19ClO3/c1-12-3-6-16(19)15(9-12)11-22-17-7-4-14(10-13(17)2)5-8-18(20)21/h3-4,6-7,9-10H,5,8,11H2,1-2H3,(H,20,21). The molecule has 0 atom stereocenters. The van der Waals surface area contributed by atoms with Crippen molar-refractivity contribution in [2.24, 2.45) is 0 Å². The van der Waals surface area contributed by atoms with Crippen LogP contribution in [0.5, 0.6) is 5.75 Å². The topological polar surface area (TPSA) is 46.5 Å². The van der Waals surface area contributed by atoms with E-state index in [9.17, 15) is 4.79 Å². The van der Waals surface area contributed by atoms with Gasteiger partial charge in [0.2, 0.25) is 0 Å². The molecule has 0 amide bonds. The molecule has 2 rings (SSSR count). The Bertz CT molecular complexity index is 680. The summed E-state index contributed by atoms with van der Waals surface area (Å²) >= 11 is 6.16. The summed E-state index contributed by atoms with van der Waals surface area (Å²) in [5, 5.41) is 9.42. The van der Waals surface area contributed by atoms with Gasteiger partial charge in [0.05, 0.1) is 0 Å². The van der Waals surface area contributed by atoms with E-state index >= 15 is 0 Å². The van der Waals surface area contributed by atoms with Crippen molar-refractivity contribution < 1.29 is 14.6 Å². The van der Waals surface area contributed by atoms with Crippen LogP contribution < -0.4 is 4.74 Å². The average Bonchev–Trinajstić information content (AvgIpc) is 2.47. The molecule has 0 saturated carbocycles. The zero-order chi connectivity index (χ0) is 16.1. The Morgan fingerprint density at radius 1 is 1.18 bits per heavy atom. The van der Waals surface area contributed by atoms with Crippen molar-refractivity contribution in [3.05, 3.63) is 63.7 Å². The predicted molar refractivity (Wildman–Crippen MR) is 87.7 cm³/mol. The molecule has 0 bridgehead atoms. The number of hydrogen-bond donors (Lipinski definition) is 1. The van der Waals surface area contributed by atoms with Crippen LogP contribution in [0.3, 0.4) is 0 Å². The van der Waals surface area contributed by atoms with Gasteiger partial charge in [-0.05, 0) is 43.5 Å². The fourth-order valence-electron chi connectivity index (χ4n) is 2.25. The number of rotatable bonds is 6. The van der Waals surface area contributed by atoms with Crippen molar-refractivity contribution in [3.63, 3.8) is 0 Å². The van der Waals surface area contributed by atoms with Gasteiger partial charge >= 0.3 is 5.97 Å². The van der Waals surface area contributed by atoms with Crippen molar-refractivity contribution in [1.29, 1.82) is 0 Å². The Kier molecular flexibility index (Phi) is 5.45. The maximum atomic E-state index is 10.6. The Morgan fingerprint density at radius 2 is 1.95 bits per heavy atom. The summed E-state index contributed by atoms with van der Waals surface area (Å²) in [6.07, 6.45) is 0.665. The van der Waals surface area contributed by atoms with E-state index in [0.29, 0.717) is 18.1 Å². The smallest absolute Gasteiger partial charge is 0.303 e. The molecular formula is C18H19ClO3. The summed E-state index contributed by atoms with van der Waals surface area (Å²) in [6, 6.07) is 11.6. The second kappa shape index (κ2) is 7.32. The van der Waals surface area contributed by atoms with E-state index in [1.807, 2.05) is 50.2 Å². The summed E-state index contributed by atoms with van der Waals surface area (Å²) in [4.78, 5) is 10.6. The van der Waals surface area contributed by atoms with Crippen molar-refractivity contribution in [1.82, 2.24) is 0 Å². The normalized spacial score (nSPS) is 10.5. The lowest BCUT2D eigenvalue weighted by molar-refractivity contribution is -0.136. The Morgan fingerprint density at radius 3 is 2.64 bits per heavy atom. The summed E-state index contributed by atoms with van der Waals surface area (Å²) in [6.45, 7) is 4.38. The number of ether oxygens (including phenoxy) is 1. The third-order valence-electron chi connectivity index (χ3n) is 3.45. The number of benzene rings is 2. The summed E-state index contributed by atoms with van der Waals surface area (Å²) in [5.74, 6) is 0.00344. The van der Waals surface area contributed by atoms with Crippen molar-refractivity contribution in [3.8, 4) is 5.75 Å². The van der Waals surface area contributed by atoms with Gasteiger partial charge in [0.1, 0.15) is 12.4 Å². The van der Waals surface area contributed by atoms with Crippen LogP contribution in [-0.4, -0.2) is 11.1 Å². The first kappa shape index (κ1) is 16.4. The molecule has 0 spiro atoms. The van der Waals surface area contributed by atoms with Gasteiger partial charge < -0.3 is 9.84 Å². The highest BCUT2D eigenvalue weighted by Crippen LogP contribution is 2.23. The van der Waals surface area contributed by atoms with E-state index in [4.69, 9.17) is 21.4 Å². The molecule has 3 nitrogen and oxygen atoms in total. The fraction of sp³-hybridized carbons (Fsp3) is 0.278. The molecule has 0 fully saturated rings.